The number of nitrogens with one attached hydrogen (secondary N) is 1. The predicted molar refractivity (Wildman–Crippen MR) is 63.1 cm³/mol. The maximum absolute atomic E-state index is 11.2. The van der Waals surface area contributed by atoms with Gasteiger partial charge in [-0.1, -0.05) is 27.5 Å². The highest BCUT2D eigenvalue weighted by Gasteiger charge is 2.10. The zero-order chi connectivity index (χ0) is 10.7. The molecule has 2 nitrogen and oxygen atoms in total. The van der Waals surface area contributed by atoms with Crippen molar-refractivity contribution >= 4 is 50.7 Å². The second-order valence-corrected chi connectivity index (χ2v) is 4.71. The normalized spacial score (nSPS) is 12.3. The van der Waals surface area contributed by atoms with Crippen LogP contribution in [0, 0.1) is 0 Å². The number of benzene rings is 1. The fourth-order valence-electron chi connectivity index (χ4n) is 0.823. The van der Waals surface area contributed by atoms with Crippen LogP contribution in [0.2, 0.25) is 5.02 Å². The molecule has 0 spiro atoms. The van der Waals surface area contributed by atoms with Gasteiger partial charge in [-0.25, -0.2) is 0 Å². The van der Waals surface area contributed by atoms with E-state index in [1.54, 1.807) is 25.1 Å². The van der Waals surface area contributed by atoms with E-state index in [0.717, 1.165) is 4.47 Å². The van der Waals surface area contributed by atoms with Gasteiger partial charge in [-0.2, -0.15) is 0 Å². The molecule has 1 unspecified atom stereocenters. The number of anilines is 1. The average Bonchev–Trinajstić information content (AvgIpc) is 2.09. The summed E-state index contributed by atoms with van der Waals surface area (Å²) < 4.78 is 0.861. The van der Waals surface area contributed by atoms with E-state index in [0.29, 0.717) is 10.7 Å². The van der Waals surface area contributed by atoms with Crippen molar-refractivity contribution in [2.75, 3.05) is 5.32 Å². The SMILES string of the molecule is CC(Cl)C(=O)Nc1ccc(Br)cc1Cl. The highest BCUT2D eigenvalue weighted by atomic mass is 79.9. The Bertz CT molecular complexity index is 355. The molecule has 0 radical (unpaired) electrons. The summed E-state index contributed by atoms with van der Waals surface area (Å²) >= 11 is 14.8. The van der Waals surface area contributed by atoms with Crippen molar-refractivity contribution in [2.24, 2.45) is 0 Å². The first-order chi connectivity index (χ1) is 6.50. The zero-order valence-corrected chi connectivity index (χ0v) is 10.4. The van der Waals surface area contributed by atoms with Gasteiger partial charge < -0.3 is 5.32 Å². The molecule has 14 heavy (non-hydrogen) atoms. The molecule has 0 fully saturated rings. The van der Waals surface area contributed by atoms with Crippen LogP contribution in [0.25, 0.3) is 0 Å². The van der Waals surface area contributed by atoms with Gasteiger partial charge in [-0.15, -0.1) is 11.6 Å². The van der Waals surface area contributed by atoms with Crippen LogP contribution in [0.4, 0.5) is 5.69 Å². The van der Waals surface area contributed by atoms with E-state index in [2.05, 4.69) is 21.2 Å². The predicted octanol–water partition coefficient (Wildman–Crippen LogP) is 3.67. The van der Waals surface area contributed by atoms with E-state index in [1.165, 1.54) is 0 Å². The summed E-state index contributed by atoms with van der Waals surface area (Å²) in [5, 5.41) is 2.52. The first kappa shape index (κ1) is 11.8. The standard InChI is InChI=1S/C9H8BrCl2NO/c1-5(11)9(14)13-8-3-2-6(10)4-7(8)12/h2-5H,1H3,(H,13,14). The van der Waals surface area contributed by atoms with Crippen molar-refractivity contribution in [3.8, 4) is 0 Å². The van der Waals surface area contributed by atoms with Gasteiger partial charge in [0.05, 0.1) is 10.7 Å². The minimum Gasteiger partial charge on any atom is -0.323 e. The first-order valence-electron chi connectivity index (χ1n) is 3.90. The molecule has 1 aromatic rings. The van der Waals surface area contributed by atoms with Gasteiger partial charge in [0.15, 0.2) is 0 Å². The minimum absolute atomic E-state index is 0.268. The Morgan fingerprint density at radius 2 is 2.21 bits per heavy atom. The van der Waals surface area contributed by atoms with E-state index < -0.39 is 5.38 Å². The number of carbonyl (C=O) groups excluding carboxylic acids is 1. The monoisotopic (exact) mass is 295 g/mol. The van der Waals surface area contributed by atoms with Crippen LogP contribution < -0.4 is 5.32 Å². The fraction of sp³-hybridized carbons (Fsp3) is 0.222. The summed E-state index contributed by atoms with van der Waals surface area (Å²) in [4.78, 5) is 11.2. The molecule has 0 aliphatic carbocycles. The van der Waals surface area contributed by atoms with Gasteiger partial charge in [0.1, 0.15) is 5.38 Å². The molecule has 1 rings (SSSR count). The molecular weight excluding hydrogens is 289 g/mol. The molecule has 0 aliphatic heterocycles. The molecular formula is C9H8BrCl2NO. The Morgan fingerprint density at radius 1 is 1.57 bits per heavy atom. The third-order valence-electron chi connectivity index (χ3n) is 1.55. The van der Waals surface area contributed by atoms with Crippen LogP contribution >= 0.6 is 39.1 Å². The molecule has 0 aliphatic rings. The van der Waals surface area contributed by atoms with Crippen LogP contribution in [0.1, 0.15) is 6.92 Å². The third-order valence-corrected chi connectivity index (χ3v) is 2.55. The summed E-state index contributed by atoms with van der Waals surface area (Å²) in [5.74, 6) is -0.268. The number of halogens is 3. The molecule has 5 heteroatoms. The van der Waals surface area contributed by atoms with Crippen LogP contribution in [0.5, 0.6) is 0 Å². The molecule has 1 aromatic carbocycles. The van der Waals surface area contributed by atoms with Crippen LogP contribution in [0.15, 0.2) is 22.7 Å². The number of alkyl halides is 1. The number of hydrogen-bond donors (Lipinski definition) is 1. The van der Waals surface area contributed by atoms with Gasteiger partial charge in [-0.05, 0) is 25.1 Å². The highest BCUT2D eigenvalue weighted by molar-refractivity contribution is 9.10. The Hall–Kier alpha value is -0.250. The lowest BCUT2D eigenvalue weighted by molar-refractivity contribution is -0.115. The van der Waals surface area contributed by atoms with Crippen LogP contribution in [-0.4, -0.2) is 11.3 Å². The number of rotatable bonds is 2. The lowest BCUT2D eigenvalue weighted by atomic mass is 10.3. The average molecular weight is 297 g/mol. The van der Waals surface area contributed by atoms with E-state index in [9.17, 15) is 4.79 Å². The second-order valence-electron chi connectivity index (χ2n) is 2.73. The Labute approximate surface area is 101 Å². The van der Waals surface area contributed by atoms with Crippen molar-refractivity contribution in [2.45, 2.75) is 12.3 Å². The summed E-state index contributed by atoms with van der Waals surface area (Å²) in [5.41, 5.74) is 0.562. The first-order valence-corrected chi connectivity index (χ1v) is 5.51. The summed E-state index contributed by atoms with van der Waals surface area (Å²) in [6, 6.07) is 5.21. The van der Waals surface area contributed by atoms with Crippen LogP contribution in [0.3, 0.4) is 0 Å². The molecule has 76 valence electrons. The van der Waals surface area contributed by atoms with Crippen LogP contribution in [-0.2, 0) is 4.79 Å². The molecule has 0 saturated heterocycles. The van der Waals surface area contributed by atoms with Crippen molar-refractivity contribution < 1.29 is 4.79 Å². The van der Waals surface area contributed by atoms with Crippen molar-refractivity contribution in [3.05, 3.63) is 27.7 Å². The van der Waals surface area contributed by atoms with E-state index in [4.69, 9.17) is 23.2 Å². The lowest BCUT2D eigenvalue weighted by Gasteiger charge is -2.08. The van der Waals surface area contributed by atoms with Crippen molar-refractivity contribution in [3.63, 3.8) is 0 Å². The number of hydrogen-bond acceptors (Lipinski definition) is 1. The summed E-state index contributed by atoms with van der Waals surface area (Å²) in [6.07, 6.45) is 0. The van der Waals surface area contributed by atoms with Gasteiger partial charge >= 0.3 is 0 Å². The Kier molecular flexibility index (Phi) is 4.23. The Morgan fingerprint density at radius 3 is 2.71 bits per heavy atom. The van der Waals surface area contributed by atoms with E-state index in [1.807, 2.05) is 0 Å². The molecule has 0 heterocycles. The zero-order valence-electron chi connectivity index (χ0n) is 7.35. The van der Waals surface area contributed by atoms with Crippen molar-refractivity contribution in [1.29, 1.82) is 0 Å². The largest absolute Gasteiger partial charge is 0.323 e. The van der Waals surface area contributed by atoms with Gasteiger partial charge in [0, 0.05) is 4.47 Å². The summed E-state index contributed by atoms with van der Waals surface area (Å²) in [6.45, 7) is 1.60. The smallest absolute Gasteiger partial charge is 0.242 e. The topological polar surface area (TPSA) is 29.1 Å². The number of amides is 1. The molecule has 1 atom stereocenters. The van der Waals surface area contributed by atoms with E-state index in [-0.39, 0.29) is 5.91 Å². The number of carbonyl (C=O) groups is 1. The van der Waals surface area contributed by atoms with Gasteiger partial charge in [0.25, 0.3) is 0 Å². The lowest BCUT2D eigenvalue weighted by Crippen LogP contribution is -2.20. The van der Waals surface area contributed by atoms with Gasteiger partial charge in [0.2, 0.25) is 5.91 Å². The van der Waals surface area contributed by atoms with Crippen molar-refractivity contribution in [1.82, 2.24) is 0 Å². The second kappa shape index (κ2) is 5.01. The quantitative estimate of drug-likeness (QED) is 0.829. The Balaban J connectivity index is 2.82. The van der Waals surface area contributed by atoms with E-state index >= 15 is 0 Å². The summed E-state index contributed by atoms with van der Waals surface area (Å²) in [7, 11) is 0. The van der Waals surface area contributed by atoms with Gasteiger partial charge in [-0.3, -0.25) is 4.79 Å². The third kappa shape index (κ3) is 3.15. The fourth-order valence-corrected chi connectivity index (χ4v) is 1.60. The molecule has 1 amide bonds. The molecule has 0 aromatic heterocycles. The molecule has 0 saturated carbocycles. The maximum Gasteiger partial charge on any atom is 0.242 e. The molecule has 0 bridgehead atoms. The highest BCUT2D eigenvalue weighted by Crippen LogP contribution is 2.25. The maximum atomic E-state index is 11.2. The molecule has 1 N–H and O–H groups in total. The minimum atomic E-state index is -0.574.